The highest BCUT2D eigenvalue weighted by Crippen LogP contribution is 2.62. The van der Waals surface area contributed by atoms with Crippen LogP contribution in [0.2, 0.25) is 5.02 Å². The van der Waals surface area contributed by atoms with Crippen LogP contribution in [0, 0.1) is 17.3 Å². The molecule has 5 rings (SSSR count). The minimum atomic E-state index is -1.29. The van der Waals surface area contributed by atoms with Gasteiger partial charge in [0.25, 0.3) is 0 Å². The maximum absolute atomic E-state index is 13.0. The van der Waals surface area contributed by atoms with Crippen LogP contribution in [-0.2, 0) is 14.3 Å². The molecular weight excluding hydrogens is 366 g/mol. The van der Waals surface area contributed by atoms with Crippen molar-refractivity contribution in [3.63, 3.8) is 0 Å². The van der Waals surface area contributed by atoms with E-state index >= 15 is 0 Å². The molecule has 1 aromatic rings. The molecule has 1 saturated carbocycles. The Kier molecular flexibility index (Phi) is 3.29. The smallest absolute Gasteiger partial charge is 0.334 e. The zero-order valence-electron chi connectivity index (χ0n) is 15.3. The van der Waals surface area contributed by atoms with Crippen molar-refractivity contribution in [1.29, 1.82) is 0 Å². The maximum atomic E-state index is 13.0. The van der Waals surface area contributed by atoms with Crippen LogP contribution in [-0.4, -0.2) is 40.6 Å². The van der Waals surface area contributed by atoms with Crippen LogP contribution in [0.25, 0.3) is 0 Å². The fraction of sp³-hybridized carbons (Fsp3) is 0.524. The van der Waals surface area contributed by atoms with E-state index in [0.29, 0.717) is 11.6 Å². The predicted octanol–water partition coefficient (Wildman–Crippen LogP) is 2.75. The summed E-state index contributed by atoms with van der Waals surface area (Å²) in [5.74, 6) is -0.692. The molecule has 6 atom stereocenters. The molecule has 0 radical (unpaired) electrons. The second-order valence-corrected chi connectivity index (χ2v) is 9.06. The maximum Gasteiger partial charge on any atom is 0.334 e. The summed E-state index contributed by atoms with van der Waals surface area (Å²) < 4.78 is 5.87. The van der Waals surface area contributed by atoms with Gasteiger partial charge in [-0.2, -0.15) is 0 Å². The Balaban J connectivity index is 1.58. The summed E-state index contributed by atoms with van der Waals surface area (Å²) in [5.41, 5.74) is -2.30. The first-order valence-electron chi connectivity index (χ1n) is 9.45. The molecule has 0 aromatic heterocycles. The van der Waals surface area contributed by atoms with Crippen molar-refractivity contribution in [1.82, 2.24) is 0 Å². The number of esters is 1. The van der Waals surface area contributed by atoms with Crippen LogP contribution in [0.1, 0.15) is 26.7 Å². The molecule has 5 nitrogen and oxygen atoms in total. The molecule has 6 heteroatoms. The second kappa shape index (κ2) is 5.15. The van der Waals surface area contributed by atoms with Crippen molar-refractivity contribution in [2.24, 2.45) is 17.3 Å². The van der Waals surface area contributed by atoms with E-state index in [1.54, 1.807) is 19.1 Å². The number of anilines is 1. The molecular formula is C21H22ClNO4. The molecule has 0 amide bonds. The second-order valence-electron chi connectivity index (χ2n) is 8.63. The lowest BCUT2D eigenvalue weighted by molar-refractivity contribution is -0.166. The third-order valence-corrected chi connectivity index (χ3v) is 7.76. The van der Waals surface area contributed by atoms with Crippen LogP contribution < -0.4 is 4.90 Å². The van der Waals surface area contributed by atoms with E-state index in [9.17, 15) is 14.7 Å². The monoisotopic (exact) mass is 387 g/mol. The Hall–Kier alpha value is -1.85. The lowest BCUT2D eigenvalue weighted by atomic mass is 9.64. The van der Waals surface area contributed by atoms with E-state index < -0.39 is 22.7 Å². The first-order chi connectivity index (χ1) is 12.7. The van der Waals surface area contributed by atoms with Gasteiger partial charge in [-0.1, -0.05) is 24.6 Å². The fourth-order valence-corrected chi connectivity index (χ4v) is 5.90. The summed E-state index contributed by atoms with van der Waals surface area (Å²) in [6.07, 6.45) is 3.90. The average Bonchev–Trinajstić information content (AvgIpc) is 3.28. The van der Waals surface area contributed by atoms with Gasteiger partial charge in [-0.3, -0.25) is 4.79 Å². The first kappa shape index (κ1) is 17.3. The molecule has 1 aromatic carbocycles. The summed E-state index contributed by atoms with van der Waals surface area (Å²) in [6, 6.07) is 7.44. The van der Waals surface area contributed by atoms with Gasteiger partial charge in [-0.15, -0.1) is 0 Å². The van der Waals surface area contributed by atoms with E-state index in [1.807, 2.05) is 30.0 Å². The van der Waals surface area contributed by atoms with Gasteiger partial charge < -0.3 is 14.7 Å². The molecule has 27 heavy (non-hydrogen) atoms. The quantitative estimate of drug-likeness (QED) is 0.593. The Morgan fingerprint density at radius 2 is 2.07 bits per heavy atom. The van der Waals surface area contributed by atoms with Crippen molar-refractivity contribution >= 4 is 29.0 Å². The molecule has 2 aliphatic carbocycles. The number of carbonyl (C=O) groups excluding carboxylic acids is 2. The number of ketones is 1. The van der Waals surface area contributed by atoms with Crippen LogP contribution in [0.15, 0.2) is 36.4 Å². The number of aliphatic hydroxyl groups is 1. The fourth-order valence-electron chi connectivity index (χ4n) is 5.72. The highest BCUT2D eigenvalue weighted by molar-refractivity contribution is 6.30. The number of allylic oxidation sites excluding steroid dienone is 1. The molecule has 142 valence electrons. The van der Waals surface area contributed by atoms with Gasteiger partial charge in [0.2, 0.25) is 0 Å². The first-order valence-corrected chi connectivity index (χ1v) is 9.83. The number of halogens is 1. The van der Waals surface area contributed by atoms with Crippen LogP contribution >= 0.6 is 11.6 Å². The lowest BCUT2D eigenvalue weighted by Gasteiger charge is -2.43. The summed E-state index contributed by atoms with van der Waals surface area (Å²) in [6.45, 7) is 4.28. The van der Waals surface area contributed by atoms with E-state index in [1.165, 1.54) is 6.08 Å². The van der Waals surface area contributed by atoms with Gasteiger partial charge in [0.1, 0.15) is 11.7 Å². The predicted molar refractivity (Wildman–Crippen MR) is 101 cm³/mol. The van der Waals surface area contributed by atoms with Gasteiger partial charge in [0.15, 0.2) is 11.3 Å². The Bertz CT molecular complexity index is 900. The molecule has 0 bridgehead atoms. The number of rotatable bonds is 1. The van der Waals surface area contributed by atoms with E-state index in [0.717, 1.165) is 18.5 Å². The van der Waals surface area contributed by atoms with E-state index in [-0.39, 0.29) is 23.6 Å². The van der Waals surface area contributed by atoms with E-state index in [4.69, 9.17) is 16.3 Å². The summed E-state index contributed by atoms with van der Waals surface area (Å²) in [4.78, 5) is 27.9. The third kappa shape index (κ3) is 1.89. The van der Waals surface area contributed by atoms with Gasteiger partial charge in [0.05, 0.1) is 12.0 Å². The van der Waals surface area contributed by atoms with Crippen molar-refractivity contribution in [3.8, 4) is 0 Å². The topological polar surface area (TPSA) is 66.6 Å². The Morgan fingerprint density at radius 1 is 1.30 bits per heavy atom. The minimum absolute atomic E-state index is 0.0927. The minimum Gasteiger partial charge on any atom is -0.459 e. The van der Waals surface area contributed by atoms with Gasteiger partial charge in [0, 0.05) is 16.6 Å². The van der Waals surface area contributed by atoms with Crippen LogP contribution in [0.5, 0.6) is 0 Å². The van der Waals surface area contributed by atoms with Gasteiger partial charge in [-0.25, -0.2) is 4.79 Å². The highest BCUT2D eigenvalue weighted by Gasteiger charge is 2.77. The SMILES string of the molecule is C[C@H]1CC[C@@H]2[C@@H](OC(=O)C23CN3c2cccc(Cl)c2)[C@]2(C)C(=O)C=C[C@@]12O. The van der Waals surface area contributed by atoms with Crippen molar-refractivity contribution in [2.75, 3.05) is 11.4 Å². The number of hydrogen-bond donors (Lipinski definition) is 1. The summed E-state index contributed by atoms with van der Waals surface area (Å²) >= 11 is 6.13. The van der Waals surface area contributed by atoms with Crippen molar-refractivity contribution in [2.45, 2.75) is 43.9 Å². The molecule has 2 saturated heterocycles. The van der Waals surface area contributed by atoms with E-state index in [2.05, 4.69) is 0 Å². The molecule has 3 fully saturated rings. The zero-order chi connectivity index (χ0) is 19.2. The summed E-state index contributed by atoms with van der Waals surface area (Å²) in [7, 11) is 0. The molecule has 1 N–H and O–H groups in total. The number of ether oxygens (including phenoxy) is 1. The number of nitrogens with zero attached hydrogens (tertiary/aromatic N) is 1. The normalized spacial score (nSPS) is 44.9. The number of benzene rings is 1. The van der Waals surface area contributed by atoms with Crippen LogP contribution in [0.4, 0.5) is 5.69 Å². The van der Waals surface area contributed by atoms with Crippen molar-refractivity contribution < 1.29 is 19.4 Å². The number of fused-ring (bicyclic) bond motifs is 4. The largest absolute Gasteiger partial charge is 0.459 e. The standard InChI is InChI=1S/C21H22ClNO4/c1-12-6-7-15-17(19(2)16(24)8-9-21(12,19)26)27-18(25)20(15)11-23(20)14-5-3-4-13(22)10-14/h3-5,8-10,12,15,17,26H,6-7,11H2,1-2H3/t12-,15+,17+,19-,20?,21+,23?/m0/s1. The molecule has 4 aliphatic rings. The summed E-state index contributed by atoms with van der Waals surface area (Å²) in [5, 5.41) is 12.0. The number of carbonyl (C=O) groups is 2. The van der Waals surface area contributed by atoms with Crippen LogP contribution in [0.3, 0.4) is 0 Å². The average molecular weight is 388 g/mol. The van der Waals surface area contributed by atoms with Gasteiger partial charge in [-0.05, 0) is 56.0 Å². The Labute approximate surface area is 162 Å². The number of hydrogen-bond acceptors (Lipinski definition) is 5. The molecule has 1 spiro atoms. The molecule has 2 aliphatic heterocycles. The Morgan fingerprint density at radius 3 is 2.81 bits per heavy atom. The molecule has 1 unspecified atom stereocenters. The zero-order valence-corrected chi connectivity index (χ0v) is 16.1. The highest BCUT2D eigenvalue weighted by atomic mass is 35.5. The van der Waals surface area contributed by atoms with Crippen molar-refractivity contribution in [3.05, 3.63) is 41.4 Å². The van der Waals surface area contributed by atoms with Gasteiger partial charge >= 0.3 is 5.97 Å². The lowest BCUT2D eigenvalue weighted by Crippen LogP contribution is -2.57. The third-order valence-electron chi connectivity index (χ3n) is 7.53. The molecule has 2 heterocycles.